The number of terminal acetylenes is 1. The zero-order valence-corrected chi connectivity index (χ0v) is 19.6. The van der Waals surface area contributed by atoms with Gasteiger partial charge in [0, 0.05) is 17.8 Å². The number of benzene rings is 3. The van der Waals surface area contributed by atoms with Gasteiger partial charge < -0.3 is 14.8 Å². The smallest absolute Gasteiger partial charge is 0.181 e. The van der Waals surface area contributed by atoms with Crippen molar-refractivity contribution in [2.24, 2.45) is 10.9 Å². The summed E-state index contributed by atoms with van der Waals surface area (Å²) >= 11 is 6.37. The molecule has 3 aromatic rings. The predicted molar refractivity (Wildman–Crippen MR) is 139 cm³/mol. The maximum absolute atomic E-state index is 6.37. The molecule has 2 aliphatic rings. The second-order valence-electron chi connectivity index (χ2n) is 8.44. The van der Waals surface area contributed by atoms with Crippen LogP contribution in [-0.4, -0.2) is 19.9 Å². The van der Waals surface area contributed by atoms with Gasteiger partial charge in [0.15, 0.2) is 11.5 Å². The number of nitrogens with one attached hydrogen (secondary N) is 1. The number of rotatable bonds is 6. The summed E-state index contributed by atoms with van der Waals surface area (Å²) < 4.78 is 10.9. The molecule has 0 radical (unpaired) electrons. The van der Waals surface area contributed by atoms with Crippen molar-refractivity contribution < 1.29 is 9.47 Å². The third-order valence-electron chi connectivity index (χ3n) is 6.44. The standard InChI is InChI=1S/C29H25ClN2O2/c1-3-15-34-29-25(30)16-19(17-27(29)33-2)18-31-21-13-11-20(12-14-21)28-24-9-6-8-22(24)23-7-4-5-10-26(23)32-28/h1,4-8,10-14,16-18,22,24,28,32H,9,15H2,2H3/t22-,24+,28+/m1/s1. The first kappa shape index (κ1) is 22.1. The van der Waals surface area contributed by atoms with Crippen LogP contribution in [0.1, 0.15) is 35.1 Å². The van der Waals surface area contributed by atoms with E-state index in [4.69, 9.17) is 27.5 Å². The number of ether oxygens (including phenoxy) is 2. The molecule has 0 spiro atoms. The van der Waals surface area contributed by atoms with E-state index < -0.39 is 0 Å². The van der Waals surface area contributed by atoms with Crippen LogP contribution in [0.25, 0.3) is 0 Å². The highest BCUT2D eigenvalue weighted by Gasteiger charge is 2.37. The number of fused-ring (bicyclic) bond motifs is 3. The molecule has 170 valence electrons. The van der Waals surface area contributed by atoms with Crippen molar-refractivity contribution in [2.45, 2.75) is 18.4 Å². The van der Waals surface area contributed by atoms with E-state index in [0.29, 0.717) is 28.4 Å². The van der Waals surface area contributed by atoms with Crippen LogP contribution in [0.4, 0.5) is 11.4 Å². The summed E-state index contributed by atoms with van der Waals surface area (Å²) in [6, 6.07) is 20.9. The number of methoxy groups -OCH3 is 1. The van der Waals surface area contributed by atoms with Crippen LogP contribution in [0.3, 0.4) is 0 Å². The Kier molecular flexibility index (Phi) is 6.29. The van der Waals surface area contributed by atoms with E-state index in [1.54, 1.807) is 19.4 Å². The number of nitrogens with zero attached hydrogens (tertiary/aromatic N) is 1. The average Bonchev–Trinajstić information content (AvgIpc) is 3.37. The lowest BCUT2D eigenvalue weighted by molar-refractivity contribution is 0.331. The van der Waals surface area contributed by atoms with Gasteiger partial charge in [0.25, 0.3) is 0 Å². The number of hydrogen-bond acceptors (Lipinski definition) is 4. The van der Waals surface area contributed by atoms with E-state index in [0.717, 1.165) is 17.7 Å². The third-order valence-corrected chi connectivity index (χ3v) is 6.72. The van der Waals surface area contributed by atoms with E-state index in [9.17, 15) is 0 Å². The summed E-state index contributed by atoms with van der Waals surface area (Å²) in [6.07, 6.45) is 12.8. The van der Waals surface area contributed by atoms with Gasteiger partial charge in [0.1, 0.15) is 6.61 Å². The molecule has 1 heterocycles. The van der Waals surface area contributed by atoms with E-state index in [-0.39, 0.29) is 12.6 Å². The van der Waals surface area contributed by atoms with Crippen LogP contribution >= 0.6 is 11.6 Å². The number of halogens is 1. The van der Waals surface area contributed by atoms with E-state index in [1.165, 1.54) is 16.8 Å². The molecule has 34 heavy (non-hydrogen) atoms. The number of allylic oxidation sites excluding steroid dienone is 2. The lowest BCUT2D eigenvalue weighted by Gasteiger charge is -2.37. The molecule has 0 unspecified atom stereocenters. The second-order valence-corrected chi connectivity index (χ2v) is 8.85. The van der Waals surface area contributed by atoms with E-state index >= 15 is 0 Å². The first-order chi connectivity index (χ1) is 16.7. The maximum atomic E-state index is 6.37. The molecule has 0 bridgehead atoms. The minimum atomic E-state index is 0.120. The number of anilines is 1. The van der Waals surface area contributed by atoms with Gasteiger partial charge >= 0.3 is 0 Å². The molecule has 0 saturated carbocycles. The van der Waals surface area contributed by atoms with Gasteiger partial charge in [-0.05, 0) is 59.4 Å². The van der Waals surface area contributed by atoms with Crippen molar-refractivity contribution in [3.05, 3.63) is 94.5 Å². The Morgan fingerprint density at radius 2 is 2.00 bits per heavy atom. The summed E-state index contributed by atoms with van der Waals surface area (Å²) in [4.78, 5) is 4.63. The molecule has 3 atom stereocenters. The zero-order chi connectivity index (χ0) is 23.5. The normalized spacial score (nSPS) is 20.3. The molecule has 5 rings (SSSR count). The highest BCUT2D eigenvalue weighted by molar-refractivity contribution is 6.32. The average molecular weight is 469 g/mol. The summed E-state index contributed by atoms with van der Waals surface area (Å²) in [5, 5.41) is 4.20. The van der Waals surface area contributed by atoms with Crippen LogP contribution in [-0.2, 0) is 0 Å². The molecule has 3 aromatic carbocycles. The third kappa shape index (κ3) is 4.27. The molecule has 1 aliphatic carbocycles. The quantitative estimate of drug-likeness (QED) is 0.242. The molecule has 0 fully saturated rings. The monoisotopic (exact) mass is 468 g/mol. The molecule has 1 N–H and O–H groups in total. The van der Waals surface area contributed by atoms with Crippen LogP contribution in [0, 0.1) is 18.3 Å². The minimum Gasteiger partial charge on any atom is -0.493 e. The predicted octanol–water partition coefficient (Wildman–Crippen LogP) is 6.94. The molecule has 0 aromatic heterocycles. The van der Waals surface area contributed by atoms with Crippen LogP contribution in [0.2, 0.25) is 5.02 Å². The Morgan fingerprint density at radius 3 is 2.79 bits per heavy atom. The van der Waals surface area contributed by atoms with Gasteiger partial charge in [-0.1, -0.05) is 60.0 Å². The lowest BCUT2D eigenvalue weighted by Crippen LogP contribution is -2.28. The first-order valence-corrected chi connectivity index (χ1v) is 11.7. The minimum absolute atomic E-state index is 0.120. The van der Waals surface area contributed by atoms with Crippen LogP contribution < -0.4 is 14.8 Å². The maximum Gasteiger partial charge on any atom is 0.181 e. The van der Waals surface area contributed by atoms with Gasteiger partial charge in [0.2, 0.25) is 0 Å². The van der Waals surface area contributed by atoms with Crippen molar-refractivity contribution in [3.8, 4) is 23.8 Å². The van der Waals surface area contributed by atoms with Crippen molar-refractivity contribution in [2.75, 3.05) is 19.0 Å². The Bertz CT molecular complexity index is 1290. The van der Waals surface area contributed by atoms with Crippen molar-refractivity contribution in [1.29, 1.82) is 0 Å². The summed E-state index contributed by atoms with van der Waals surface area (Å²) in [5.74, 6) is 4.37. The van der Waals surface area contributed by atoms with Crippen LogP contribution in [0.15, 0.2) is 77.8 Å². The molecular weight excluding hydrogens is 444 g/mol. The summed E-state index contributed by atoms with van der Waals surface area (Å²) in [5.41, 5.74) is 5.56. The topological polar surface area (TPSA) is 42.8 Å². The molecule has 5 heteroatoms. The molecule has 1 aliphatic heterocycles. The van der Waals surface area contributed by atoms with Crippen molar-refractivity contribution in [3.63, 3.8) is 0 Å². The van der Waals surface area contributed by atoms with Gasteiger partial charge in [-0.25, -0.2) is 0 Å². The fraction of sp³-hybridized carbons (Fsp3) is 0.207. The number of aliphatic imine (C=N–C) groups is 1. The Balaban J connectivity index is 1.34. The number of para-hydroxylation sites is 1. The Morgan fingerprint density at radius 1 is 1.18 bits per heavy atom. The lowest BCUT2D eigenvalue weighted by atomic mass is 9.77. The molecule has 0 amide bonds. The van der Waals surface area contributed by atoms with Gasteiger partial charge in [0.05, 0.1) is 23.9 Å². The van der Waals surface area contributed by atoms with E-state index in [1.807, 2.05) is 6.07 Å². The second kappa shape index (κ2) is 9.67. The molecule has 0 saturated heterocycles. The Labute approximate surface area is 205 Å². The Hall–Kier alpha value is -3.68. The zero-order valence-electron chi connectivity index (χ0n) is 18.9. The first-order valence-electron chi connectivity index (χ1n) is 11.3. The van der Waals surface area contributed by atoms with E-state index in [2.05, 4.69) is 76.9 Å². The van der Waals surface area contributed by atoms with Crippen molar-refractivity contribution >= 4 is 29.2 Å². The van der Waals surface area contributed by atoms with Crippen LogP contribution in [0.5, 0.6) is 11.5 Å². The highest BCUT2D eigenvalue weighted by atomic mass is 35.5. The fourth-order valence-corrected chi connectivity index (χ4v) is 5.13. The summed E-state index contributed by atoms with van der Waals surface area (Å²) in [7, 11) is 1.57. The van der Waals surface area contributed by atoms with Gasteiger partial charge in [-0.2, -0.15) is 0 Å². The highest BCUT2D eigenvalue weighted by Crippen LogP contribution is 2.49. The summed E-state index contributed by atoms with van der Waals surface area (Å²) in [6.45, 7) is 0.120. The fourth-order valence-electron chi connectivity index (χ4n) is 4.86. The van der Waals surface area contributed by atoms with Crippen molar-refractivity contribution in [1.82, 2.24) is 0 Å². The number of hydrogen-bond donors (Lipinski definition) is 1. The van der Waals surface area contributed by atoms with Gasteiger partial charge in [-0.3, -0.25) is 4.99 Å². The molecule has 4 nitrogen and oxygen atoms in total. The molecular formula is C29H25ClN2O2. The largest absolute Gasteiger partial charge is 0.493 e. The SMILES string of the molecule is C#CCOc1c(Cl)cc(C=Nc2ccc([C@@H]3Nc4ccccc4[C@H]4C=CC[C@@H]43)cc2)cc1OC. The van der Waals surface area contributed by atoms with Gasteiger partial charge in [-0.15, -0.1) is 6.42 Å².